The van der Waals surface area contributed by atoms with Crippen LogP contribution in [0.4, 0.5) is 5.69 Å². The molecule has 0 aliphatic heterocycles. The van der Waals surface area contributed by atoms with Crippen molar-refractivity contribution < 1.29 is 22.7 Å². The molecule has 0 heterocycles. The Hall–Kier alpha value is -3.39. The smallest absolute Gasteiger partial charge is 0.325 e. The first-order chi connectivity index (χ1) is 13.9. The number of hydrogen-bond acceptors (Lipinski definition) is 5. The first kappa shape index (κ1) is 20.3. The Morgan fingerprint density at radius 2 is 1.62 bits per heavy atom. The summed E-state index contributed by atoms with van der Waals surface area (Å²) in [4.78, 5) is 23.0. The minimum atomic E-state index is -3.74. The largest absolute Gasteiger partial charge is 0.468 e. The topological polar surface area (TPSA) is 102 Å². The van der Waals surface area contributed by atoms with Gasteiger partial charge < -0.3 is 10.1 Å². The SMILES string of the molecule is COC(=O)CNC(=O)Cc1ccc(NS(=O)(=O)c2ccc3ccccc3c2)cc1. The molecule has 0 aliphatic carbocycles. The van der Waals surface area contributed by atoms with E-state index in [4.69, 9.17) is 0 Å². The van der Waals surface area contributed by atoms with Crippen molar-refractivity contribution in [3.8, 4) is 0 Å². The molecule has 0 spiro atoms. The van der Waals surface area contributed by atoms with E-state index in [9.17, 15) is 18.0 Å². The van der Waals surface area contributed by atoms with Gasteiger partial charge in [-0.05, 0) is 40.6 Å². The second-order valence-electron chi connectivity index (χ2n) is 6.34. The molecule has 7 nitrogen and oxygen atoms in total. The van der Waals surface area contributed by atoms with Crippen LogP contribution in [0, 0.1) is 0 Å². The van der Waals surface area contributed by atoms with Gasteiger partial charge in [0.25, 0.3) is 10.0 Å². The number of esters is 1. The summed E-state index contributed by atoms with van der Waals surface area (Å²) in [6.07, 6.45) is 0.0642. The quantitative estimate of drug-likeness (QED) is 0.581. The van der Waals surface area contributed by atoms with Crippen molar-refractivity contribution >= 4 is 38.4 Å². The lowest BCUT2D eigenvalue weighted by molar-refractivity contribution is -0.141. The van der Waals surface area contributed by atoms with E-state index in [0.29, 0.717) is 11.3 Å². The van der Waals surface area contributed by atoms with Gasteiger partial charge in [0, 0.05) is 5.69 Å². The summed E-state index contributed by atoms with van der Waals surface area (Å²) in [5.74, 6) is -0.864. The zero-order valence-corrected chi connectivity index (χ0v) is 16.5. The van der Waals surface area contributed by atoms with Gasteiger partial charge in [0.1, 0.15) is 6.54 Å². The monoisotopic (exact) mass is 412 g/mol. The van der Waals surface area contributed by atoms with E-state index >= 15 is 0 Å². The van der Waals surface area contributed by atoms with Crippen LogP contribution in [0.5, 0.6) is 0 Å². The van der Waals surface area contributed by atoms with Crippen LogP contribution in [0.3, 0.4) is 0 Å². The van der Waals surface area contributed by atoms with Crippen molar-refractivity contribution in [3.05, 3.63) is 72.3 Å². The van der Waals surface area contributed by atoms with E-state index in [1.165, 1.54) is 7.11 Å². The highest BCUT2D eigenvalue weighted by atomic mass is 32.2. The molecule has 0 radical (unpaired) electrons. The summed E-state index contributed by atoms with van der Waals surface area (Å²) < 4.78 is 32.3. The summed E-state index contributed by atoms with van der Waals surface area (Å²) in [6.45, 7) is -0.195. The number of ether oxygens (including phenoxy) is 1. The Bertz CT molecular complexity index is 1140. The number of hydrogen-bond donors (Lipinski definition) is 2. The molecule has 0 aliphatic rings. The maximum absolute atomic E-state index is 12.7. The normalized spacial score (nSPS) is 11.1. The molecule has 0 atom stereocenters. The number of carbonyl (C=O) groups excluding carboxylic acids is 2. The molecule has 1 amide bonds. The van der Waals surface area contributed by atoms with Gasteiger partial charge in [-0.25, -0.2) is 8.42 Å². The van der Waals surface area contributed by atoms with Crippen LogP contribution in [0.15, 0.2) is 71.6 Å². The van der Waals surface area contributed by atoms with Crippen molar-refractivity contribution in [2.24, 2.45) is 0 Å². The highest BCUT2D eigenvalue weighted by molar-refractivity contribution is 7.92. The standard InChI is InChI=1S/C21H20N2O5S/c1-28-21(25)14-22-20(24)12-15-6-9-18(10-7-15)23-29(26,27)19-11-8-16-4-2-3-5-17(16)13-19/h2-11,13,23H,12,14H2,1H3,(H,22,24). The first-order valence-corrected chi connectivity index (χ1v) is 10.3. The van der Waals surface area contributed by atoms with E-state index in [-0.39, 0.29) is 23.8 Å². The number of amides is 1. The van der Waals surface area contributed by atoms with Crippen LogP contribution in [0.1, 0.15) is 5.56 Å². The molecule has 3 aromatic rings. The van der Waals surface area contributed by atoms with Crippen LogP contribution in [-0.4, -0.2) is 33.9 Å². The van der Waals surface area contributed by atoms with Crippen LogP contribution in [0.2, 0.25) is 0 Å². The number of carbonyl (C=O) groups is 2. The summed E-state index contributed by atoms with van der Waals surface area (Å²) in [7, 11) is -2.50. The maximum Gasteiger partial charge on any atom is 0.325 e. The Balaban J connectivity index is 1.66. The predicted octanol–water partition coefficient (Wildman–Crippen LogP) is 2.47. The minimum Gasteiger partial charge on any atom is -0.468 e. The molecule has 0 fully saturated rings. The van der Waals surface area contributed by atoms with E-state index in [2.05, 4.69) is 14.8 Å². The Morgan fingerprint density at radius 3 is 2.31 bits per heavy atom. The number of sulfonamides is 1. The molecule has 29 heavy (non-hydrogen) atoms. The number of nitrogens with one attached hydrogen (secondary N) is 2. The fourth-order valence-corrected chi connectivity index (χ4v) is 3.82. The van der Waals surface area contributed by atoms with Crippen LogP contribution in [-0.2, 0) is 30.8 Å². The fraction of sp³-hybridized carbons (Fsp3) is 0.143. The highest BCUT2D eigenvalue weighted by Crippen LogP contribution is 2.21. The summed E-state index contributed by atoms with van der Waals surface area (Å²) >= 11 is 0. The Kier molecular flexibility index (Phi) is 6.13. The molecule has 2 N–H and O–H groups in total. The summed E-state index contributed by atoms with van der Waals surface area (Å²) in [5, 5.41) is 4.24. The van der Waals surface area contributed by atoms with Crippen molar-refractivity contribution in [1.29, 1.82) is 0 Å². The van der Waals surface area contributed by atoms with E-state index in [1.54, 1.807) is 42.5 Å². The van der Waals surface area contributed by atoms with Crippen molar-refractivity contribution in [1.82, 2.24) is 5.32 Å². The van der Waals surface area contributed by atoms with Crippen LogP contribution in [0.25, 0.3) is 10.8 Å². The number of rotatable bonds is 7. The molecule has 0 unspecified atom stereocenters. The zero-order chi connectivity index (χ0) is 20.9. The third kappa shape index (κ3) is 5.32. The molecule has 0 saturated heterocycles. The Morgan fingerprint density at radius 1 is 0.931 bits per heavy atom. The number of anilines is 1. The second kappa shape index (κ2) is 8.74. The molecule has 3 rings (SSSR count). The van der Waals surface area contributed by atoms with Crippen molar-refractivity contribution in [2.75, 3.05) is 18.4 Å². The lowest BCUT2D eigenvalue weighted by Gasteiger charge is -2.10. The zero-order valence-electron chi connectivity index (χ0n) is 15.7. The van der Waals surface area contributed by atoms with Gasteiger partial charge in [-0.15, -0.1) is 0 Å². The van der Waals surface area contributed by atoms with E-state index in [0.717, 1.165) is 10.8 Å². The highest BCUT2D eigenvalue weighted by Gasteiger charge is 2.15. The molecule has 3 aromatic carbocycles. The first-order valence-electron chi connectivity index (χ1n) is 8.81. The lowest BCUT2D eigenvalue weighted by atomic mass is 10.1. The van der Waals surface area contributed by atoms with Crippen molar-refractivity contribution in [3.63, 3.8) is 0 Å². The number of methoxy groups -OCH3 is 1. The fourth-order valence-electron chi connectivity index (χ4n) is 2.73. The number of benzene rings is 3. The second-order valence-corrected chi connectivity index (χ2v) is 8.02. The predicted molar refractivity (Wildman–Crippen MR) is 110 cm³/mol. The third-order valence-electron chi connectivity index (χ3n) is 4.26. The van der Waals surface area contributed by atoms with Crippen LogP contribution < -0.4 is 10.0 Å². The van der Waals surface area contributed by atoms with Gasteiger partial charge in [0.15, 0.2) is 0 Å². The van der Waals surface area contributed by atoms with Gasteiger partial charge in [0.05, 0.1) is 18.4 Å². The van der Waals surface area contributed by atoms with Gasteiger partial charge in [-0.2, -0.15) is 0 Å². The van der Waals surface area contributed by atoms with E-state index in [1.807, 2.05) is 24.3 Å². The van der Waals surface area contributed by atoms with Gasteiger partial charge >= 0.3 is 5.97 Å². The lowest BCUT2D eigenvalue weighted by Crippen LogP contribution is -2.31. The molecule has 0 aromatic heterocycles. The molecule has 150 valence electrons. The Labute approximate surface area is 168 Å². The van der Waals surface area contributed by atoms with Gasteiger partial charge in [-0.3, -0.25) is 14.3 Å². The molecular weight excluding hydrogens is 392 g/mol. The van der Waals surface area contributed by atoms with E-state index < -0.39 is 16.0 Å². The van der Waals surface area contributed by atoms with Gasteiger partial charge in [-0.1, -0.05) is 42.5 Å². The average molecular weight is 412 g/mol. The molecule has 8 heteroatoms. The maximum atomic E-state index is 12.7. The van der Waals surface area contributed by atoms with Gasteiger partial charge in [0.2, 0.25) is 5.91 Å². The summed E-state index contributed by atoms with van der Waals surface area (Å²) in [5.41, 5.74) is 1.07. The average Bonchev–Trinajstić information content (AvgIpc) is 2.72. The minimum absolute atomic E-state index is 0.0642. The molecular formula is C21H20N2O5S. The molecule has 0 saturated carbocycles. The van der Waals surface area contributed by atoms with Crippen LogP contribution >= 0.6 is 0 Å². The third-order valence-corrected chi connectivity index (χ3v) is 5.64. The summed E-state index contributed by atoms with van der Waals surface area (Å²) in [6, 6.07) is 18.9. The number of fused-ring (bicyclic) bond motifs is 1. The van der Waals surface area contributed by atoms with Crippen molar-refractivity contribution in [2.45, 2.75) is 11.3 Å². The molecule has 0 bridgehead atoms.